The molecule has 0 fully saturated rings. The summed E-state index contributed by atoms with van der Waals surface area (Å²) in [6.45, 7) is 0. The van der Waals surface area contributed by atoms with Crippen LogP contribution in [0.5, 0.6) is 0 Å². The van der Waals surface area contributed by atoms with Gasteiger partial charge in [0.2, 0.25) is 7.59 Å². The first kappa shape index (κ1) is 18.8. The Morgan fingerprint density at radius 3 is 2.30 bits per heavy atom. The predicted molar refractivity (Wildman–Crippen MR) is 94.6 cm³/mol. The minimum Gasteiger partial charge on any atom is -0.325 e. The van der Waals surface area contributed by atoms with Gasteiger partial charge in [0, 0.05) is 17.7 Å². The fourth-order valence-electron chi connectivity index (χ4n) is 1.65. The van der Waals surface area contributed by atoms with Crippen LogP contribution in [0.15, 0.2) is 34.3 Å². The van der Waals surface area contributed by atoms with Crippen molar-refractivity contribution in [2.75, 3.05) is 0 Å². The van der Waals surface area contributed by atoms with Gasteiger partial charge in [-0.1, -0.05) is 81.7 Å². The topological polar surface area (TPSA) is 79.9 Å². The molecule has 0 aliphatic carbocycles. The Kier molecular flexibility index (Phi) is 5.55. The van der Waals surface area contributed by atoms with Crippen LogP contribution in [0.25, 0.3) is 0 Å². The van der Waals surface area contributed by atoms with Crippen molar-refractivity contribution in [1.82, 2.24) is 5.32 Å². The van der Waals surface area contributed by atoms with Crippen LogP contribution in [0.2, 0.25) is 0 Å². The summed E-state index contributed by atoms with van der Waals surface area (Å²) in [5.41, 5.74) is 0.204. The van der Waals surface area contributed by atoms with Gasteiger partial charge in [0.05, 0.1) is 4.92 Å². The smallest absolute Gasteiger partial charge is 0.270 e. The summed E-state index contributed by atoms with van der Waals surface area (Å²) in [7, 11) is 0. The molecule has 0 radical (unpaired) electrons. The molecule has 0 saturated heterocycles. The van der Waals surface area contributed by atoms with Crippen LogP contribution in [0.4, 0.5) is 5.69 Å². The first-order valence-electron chi connectivity index (χ1n) is 5.80. The summed E-state index contributed by atoms with van der Waals surface area (Å²) < 4.78 is -3.81. The highest BCUT2D eigenvalue weighted by Gasteiger charge is 2.40. The monoisotopic (exact) mass is 436 g/mol. The second-order valence-corrected chi connectivity index (χ2v) is 8.95. The lowest BCUT2D eigenvalue weighted by Gasteiger charge is -2.27. The molecule has 6 nitrogen and oxygen atoms in total. The van der Waals surface area contributed by atoms with E-state index < -0.39 is 18.7 Å². The Hall–Kier alpha value is -0.500. The van der Waals surface area contributed by atoms with Crippen molar-refractivity contribution in [3.63, 3.8) is 0 Å². The van der Waals surface area contributed by atoms with Gasteiger partial charge in [-0.3, -0.25) is 10.1 Å². The fourth-order valence-corrected chi connectivity index (χ4v) is 2.23. The number of amidine groups is 2. The SMILES string of the molecule is O=[N+]([O-])c1cccc(C2=NC(C(Cl)(Cl)Cl)N=C(C(Cl)(Cl)Cl)N2)c1. The number of halogens is 6. The summed E-state index contributed by atoms with van der Waals surface area (Å²) in [5, 5.41) is 13.6. The zero-order valence-electron chi connectivity index (χ0n) is 10.8. The third-order valence-electron chi connectivity index (χ3n) is 2.63. The standard InChI is InChI=1S/C11H6Cl6N4O2/c12-10(13,14)8-18-7(19-9(20-8)11(15,16)17)5-2-1-3-6(4-5)21(22)23/h1-4,8H,(H,18,19,20). The summed E-state index contributed by atoms with van der Waals surface area (Å²) in [5.74, 6) is 0.0108. The van der Waals surface area contributed by atoms with Crippen LogP contribution in [0.1, 0.15) is 5.56 Å². The molecule has 0 saturated carbocycles. The third kappa shape index (κ3) is 4.75. The number of hydrogen-bond acceptors (Lipinski definition) is 5. The van der Waals surface area contributed by atoms with E-state index in [4.69, 9.17) is 69.6 Å². The molecule has 1 heterocycles. The average Bonchev–Trinajstić information content (AvgIpc) is 2.45. The first-order chi connectivity index (χ1) is 10.5. The Morgan fingerprint density at radius 2 is 1.78 bits per heavy atom. The van der Waals surface area contributed by atoms with E-state index in [9.17, 15) is 10.1 Å². The maximum atomic E-state index is 10.9. The molecular formula is C11H6Cl6N4O2. The van der Waals surface area contributed by atoms with Gasteiger partial charge in [0.25, 0.3) is 5.69 Å². The lowest BCUT2D eigenvalue weighted by Crippen LogP contribution is -2.46. The molecule has 1 unspecified atom stereocenters. The van der Waals surface area contributed by atoms with E-state index in [1.807, 2.05) is 0 Å². The number of alkyl halides is 6. The molecule has 1 atom stereocenters. The summed E-state index contributed by atoms with van der Waals surface area (Å²) in [6.07, 6.45) is -1.19. The van der Waals surface area contributed by atoms with E-state index in [0.29, 0.717) is 5.56 Å². The van der Waals surface area contributed by atoms with Crippen LogP contribution in [-0.2, 0) is 0 Å². The van der Waals surface area contributed by atoms with Gasteiger partial charge in [-0.05, 0) is 0 Å². The van der Waals surface area contributed by atoms with E-state index in [0.717, 1.165) is 0 Å². The molecule has 1 aliphatic heterocycles. The van der Waals surface area contributed by atoms with Crippen molar-refractivity contribution in [1.29, 1.82) is 0 Å². The molecule has 1 N–H and O–H groups in total. The zero-order chi connectivity index (χ0) is 17.4. The first-order valence-corrected chi connectivity index (χ1v) is 8.06. The number of non-ortho nitro benzene ring substituents is 1. The van der Waals surface area contributed by atoms with Crippen molar-refractivity contribution in [3.8, 4) is 0 Å². The van der Waals surface area contributed by atoms with Crippen molar-refractivity contribution >= 4 is 87.0 Å². The number of rotatable bonds is 2. The molecule has 1 aromatic rings. The number of nitrogens with zero attached hydrogens (tertiary/aromatic N) is 3. The highest BCUT2D eigenvalue weighted by atomic mass is 35.6. The predicted octanol–water partition coefficient (Wildman–Crippen LogP) is 4.41. The molecule has 2 rings (SSSR count). The number of nitro groups is 1. The zero-order valence-corrected chi connectivity index (χ0v) is 15.3. The van der Waals surface area contributed by atoms with Crippen LogP contribution in [0.3, 0.4) is 0 Å². The van der Waals surface area contributed by atoms with Gasteiger partial charge < -0.3 is 5.32 Å². The van der Waals surface area contributed by atoms with Crippen LogP contribution in [-0.4, -0.2) is 30.3 Å². The molecule has 0 aromatic heterocycles. The second-order valence-electron chi connectivity index (χ2n) is 4.30. The minimum atomic E-state index is -1.92. The van der Waals surface area contributed by atoms with E-state index in [1.54, 1.807) is 6.07 Å². The van der Waals surface area contributed by atoms with Crippen LogP contribution >= 0.6 is 69.6 Å². The van der Waals surface area contributed by atoms with Crippen molar-refractivity contribution in [2.24, 2.45) is 9.98 Å². The van der Waals surface area contributed by atoms with E-state index >= 15 is 0 Å². The maximum absolute atomic E-state index is 10.9. The van der Waals surface area contributed by atoms with Crippen molar-refractivity contribution < 1.29 is 4.92 Å². The Bertz CT molecular complexity index is 694. The van der Waals surface area contributed by atoms with Gasteiger partial charge in [-0.2, -0.15) is 0 Å². The molecule has 23 heavy (non-hydrogen) atoms. The second kappa shape index (κ2) is 6.78. The fraction of sp³-hybridized carbons (Fsp3) is 0.273. The molecular weight excluding hydrogens is 433 g/mol. The van der Waals surface area contributed by atoms with E-state index in [-0.39, 0.29) is 17.4 Å². The number of aliphatic imine (C=N–C) groups is 2. The number of hydrogen-bond donors (Lipinski definition) is 1. The quantitative estimate of drug-likeness (QED) is 0.422. The highest BCUT2D eigenvalue weighted by Crippen LogP contribution is 2.37. The molecule has 0 amide bonds. The van der Waals surface area contributed by atoms with Crippen LogP contribution in [0, 0.1) is 10.1 Å². The maximum Gasteiger partial charge on any atom is 0.270 e. The molecule has 1 aromatic carbocycles. The highest BCUT2D eigenvalue weighted by molar-refractivity contribution is 6.77. The molecule has 1 aliphatic rings. The van der Waals surface area contributed by atoms with E-state index in [2.05, 4.69) is 15.3 Å². The average molecular weight is 439 g/mol. The Morgan fingerprint density at radius 1 is 1.13 bits per heavy atom. The summed E-state index contributed by atoms with van der Waals surface area (Å²) in [4.78, 5) is 18.4. The van der Waals surface area contributed by atoms with Gasteiger partial charge in [0.1, 0.15) is 5.84 Å². The lowest BCUT2D eigenvalue weighted by molar-refractivity contribution is -0.384. The van der Waals surface area contributed by atoms with Gasteiger partial charge in [0.15, 0.2) is 12.0 Å². The van der Waals surface area contributed by atoms with Gasteiger partial charge in [-0.15, -0.1) is 0 Å². The Balaban J connectivity index is 2.48. The molecule has 12 heteroatoms. The third-order valence-corrected chi connectivity index (χ3v) is 3.75. The molecule has 0 spiro atoms. The van der Waals surface area contributed by atoms with E-state index in [1.165, 1.54) is 18.2 Å². The van der Waals surface area contributed by atoms with Gasteiger partial charge in [-0.25, -0.2) is 9.98 Å². The lowest BCUT2D eigenvalue weighted by atomic mass is 10.1. The van der Waals surface area contributed by atoms with Crippen molar-refractivity contribution in [3.05, 3.63) is 39.9 Å². The van der Waals surface area contributed by atoms with Gasteiger partial charge >= 0.3 is 0 Å². The Labute approximate surface area is 160 Å². The number of nitrogens with one attached hydrogen (secondary N) is 1. The molecule has 0 bridgehead atoms. The minimum absolute atomic E-state index is 0.115. The number of benzene rings is 1. The van der Waals surface area contributed by atoms with Crippen molar-refractivity contribution in [2.45, 2.75) is 13.8 Å². The largest absolute Gasteiger partial charge is 0.325 e. The summed E-state index contributed by atoms with van der Waals surface area (Å²) in [6, 6.07) is 5.64. The van der Waals surface area contributed by atoms with Crippen LogP contribution < -0.4 is 5.32 Å². The number of nitro benzene ring substituents is 1. The normalized spacial score (nSPS) is 18.8. The molecule has 124 valence electrons. The summed E-state index contributed by atoms with van der Waals surface area (Å²) >= 11 is 34.9.